The van der Waals surface area contributed by atoms with Crippen molar-refractivity contribution in [2.75, 3.05) is 43.4 Å². The van der Waals surface area contributed by atoms with E-state index in [1.165, 1.54) is 11.8 Å². The van der Waals surface area contributed by atoms with Gasteiger partial charge in [0.1, 0.15) is 22.4 Å². The average molecular weight is 430 g/mol. The number of pyridine rings is 1. The molecule has 0 unspecified atom stereocenters. The molecule has 1 saturated heterocycles. The van der Waals surface area contributed by atoms with Gasteiger partial charge in [0.2, 0.25) is 0 Å². The first-order chi connectivity index (χ1) is 15.6. The Labute approximate surface area is 183 Å². The second-order valence-corrected chi connectivity index (χ2v) is 7.70. The number of aromatic carboxylic acids is 1. The van der Waals surface area contributed by atoms with Crippen molar-refractivity contribution in [3.05, 3.63) is 54.4 Å². The molecule has 4 aromatic rings. The fourth-order valence-corrected chi connectivity index (χ4v) is 3.68. The van der Waals surface area contributed by atoms with Gasteiger partial charge in [-0.2, -0.15) is 5.10 Å². The third-order valence-electron chi connectivity index (χ3n) is 5.50. The molecule has 32 heavy (non-hydrogen) atoms. The molecule has 1 aliphatic rings. The van der Waals surface area contributed by atoms with Crippen LogP contribution >= 0.6 is 0 Å². The molecule has 1 fully saturated rings. The highest BCUT2D eigenvalue weighted by Gasteiger charge is 2.16. The van der Waals surface area contributed by atoms with Crippen LogP contribution in [0.5, 0.6) is 0 Å². The molecule has 3 aromatic heterocycles. The van der Waals surface area contributed by atoms with Crippen LogP contribution in [-0.2, 0) is 0 Å². The van der Waals surface area contributed by atoms with Crippen molar-refractivity contribution in [2.45, 2.75) is 0 Å². The average Bonchev–Trinajstić information content (AvgIpc) is 3.29. The molecule has 162 valence electrons. The van der Waals surface area contributed by atoms with Crippen molar-refractivity contribution in [1.82, 2.24) is 30.0 Å². The Kier molecular flexibility index (Phi) is 5.12. The fourth-order valence-electron chi connectivity index (χ4n) is 3.68. The number of carboxylic acid groups (broad SMARTS) is 1. The summed E-state index contributed by atoms with van der Waals surface area (Å²) >= 11 is 0. The molecule has 10 nitrogen and oxygen atoms in total. The van der Waals surface area contributed by atoms with Gasteiger partial charge in [-0.05, 0) is 43.4 Å². The number of likely N-dealkylation sites (N-methyl/N-ethyl adjacent to an activating group) is 1. The number of nitrogens with one attached hydrogen (secondary N) is 2. The molecule has 4 heterocycles. The van der Waals surface area contributed by atoms with E-state index < -0.39 is 5.97 Å². The lowest BCUT2D eigenvalue weighted by atomic mass is 10.2. The van der Waals surface area contributed by atoms with Gasteiger partial charge in [0.05, 0.1) is 6.20 Å². The molecule has 10 heteroatoms. The lowest BCUT2D eigenvalue weighted by Crippen LogP contribution is -2.44. The monoisotopic (exact) mass is 430 g/mol. The summed E-state index contributed by atoms with van der Waals surface area (Å²) in [5, 5.41) is 19.6. The first kappa shape index (κ1) is 19.9. The second-order valence-electron chi connectivity index (χ2n) is 7.70. The molecule has 1 aromatic carbocycles. The van der Waals surface area contributed by atoms with Crippen molar-refractivity contribution in [2.24, 2.45) is 0 Å². The SMILES string of the molecule is CN1CCN(c2ccc(Nc3nc(-c4cccc(C(=O)O)n4)nc4cn[nH]c34)cc2)CC1. The summed E-state index contributed by atoms with van der Waals surface area (Å²) in [5.74, 6) is -0.244. The minimum absolute atomic E-state index is 0.0626. The number of carboxylic acids is 1. The van der Waals surface area contributed by atoms with Gasteiger partial charge in [0.15, 0.2) is 11.6 Å². The first-order valence-electron chi connectivity index (χ1n) is 10.3. The molecule has 0 radical (unpaired) electrons. The number of nitrogens with zero attached hydrogens (tertiary/aromatic N) is 6. The molecule has 1 aliphatic heterocycles. The van der Waals surface area contributed by atoms with Crippen LogP contribution in [0.4, 0.5) is 17.2 Å². The van der Waals surface area contributed by atoms with Gasteiger partial charge in [-0.15, -0.1) is 0 Å². The van der Waals surface area contributed by atoms with Crippen molar-refractivity contribution in [3.8, 4) is 11.5 Å². The Morgan fingerprint density at radius 3 is 2.56 bits per heavy atom. The van der Waals surface area contributed by atoms with E-state index in [1.54, 1.807) is 18.3 Å². The van der Waals surface area contributed by atoms with E-state index in [2.05, 4.69) is 59.4 Å². The van der Waals surface area contributed by atoms with Crippen LogP contribution in [0.15, 0.2) is 48.7 Å². The van der Waals surface area contributed by atoms with Gasteiger partial charge in [-0.25, -0.2) is 19.7 Å². The van der Waals surface area contributed by atoms with Crippen molar-refractivity contribution in [3.63, 3.8) is 0 Å². The number of anilines is 3. The number of benzene rings is 1. The van der Waals surface area contributed by atoms with Gasteiger partial charge in [-0.3, -0.25) is 5.10 Å². The Bertz CT molecular complexity index is 1260. The highest BCUT2D eigenvalue weighted by molar-refractivity contribution is 5.89. The van der Waals surface area contributed by atoms with Gasteiger partial charge in [0, 0.05) is 37.6 Å². The smallest absolute Gasteiger partial charge is 0.354 e. The van der Waals surface area contributed by atoms with E-state index in [0.717, 1.165) is 31.9 Å². The van der Waals surface area contributed by atoms with E-state index in [-0.39, 0.29) is 5.69 Å². The number of hydrogen-bond acceptors (Lipinski definition) is 8. The molecule has 0 saturated carbocycles. The standard InChI is InChI=1S/C22H22N8O2/c1-29-9-11-30(12-10-29)15-7-5-14(6-8-15)24-21-19-18(13-23-28-19)26-20(27-21)16-3-2-4-17(25-16)22(31)32/h2-8,13H,9-12H2,1H3,(H,23,28)(H,31,32)(H,24,26,27). The van der Waals surface area contributed by atoms with Crippen LogP contribution in [0, 0.1) is 0 Å². The number of rotatable bonds is 5. The summed E-state index contributed by atoms with van der Waals surface area (Å²) in [6.07, 6.45) is 1.60. The third kappa shape index (κ3) is 3.95. The summed E-state index contributed by atoms with van der Waals surface area (Å²) < 4.78 is 0. The molecule has 0 aliphatic carbocycles. The van der Waals surface area contributed by atoms with Crippen LogP contribution in [-0.4, -0.2) is 74.4 Å². The van der Waals surface area contributed by atoms with Gasteiger partial charge in [-0.1, -0.05) is 6.07 Å². The van der Waals surface area contributed by atoms with E-state index in [4.69, 9.17) is 0 Å². The maximum atomic E-state index is 11.3. The highest BCUT2D eigenvalue weighted by atomic mass is 16.4. The highest BCUT2D eigenvalue weighted by Crippen LogP contribution is 2.27. The maximum Gasteiger partial charge on any atom is 0.354 e. The zero-order valence-corrected chi connectivity index (χ0v) is 17.5. The second kappa shape index (κ2) is 8.23. The quantitative estimate of drug-likeness (QED) is 0.438. The van der Waals surface area contributed by atoms with Gasteiger partial charge in [0.25, 0.3) is 0 Å². The van der Waals surface area contributed by atoms with E-state index >= 15 is 0 Å². The minimum atomic E-state index is -1.10. The molecule has 5 rings (SSSR count). The maximum absolute atomic E-state index is 11.3. The number of fused-ring (bicyclic) bond motifs is 1. The predicted octanol–water partition coefficient (Wildman–Crippen LogP) is 2.61. The topological polar surface area (TPSA) is 123 Å². The van der Waals surface area contributed by atoms with Crippen molar-refractivity contribution in [1.29, 1.82) is 0 Å². The zero-order valence-electron chi connectivity index (χ0n) is 17.5. The third-order valence-corrected chi connectivity index (χ3v) is 5.50. The number of piperazine rings is 1. The lowest BCUT2D eigenvalue weighted by Gasteiger charge is -2.34. The number of aromatic nitrogens is 5. The van der Waals surface area contributed by atoms with E-state index in [9.17, 15) is 9.90 Å². The Morgan fingerprint density at radius 2 is 1.81 bits per heavy atom. The van der Waals surface area contributed by atoms with Crippen LogP contribution < -0.4 is 10.2 Å². The van der Waals surface area contributed by atoms with Crippen LogP contribution in [0.25, 0.3) is 22.6 Å². The predicted molar refractivity (Wildman–Crippen MR) is 121 cm³/mol. The summed E-state index contributed by atoms with van der Waals surface area (Å²) in [6, 6.07) is 13.0. The Hall–Kier alpha value is -4.05. The number of hydrogen-bond donors (Lipinski definition) is 3. The number of H-pyrrole nitrogens is 1. The molecule has 0 spiro atoms. The summed E-state index contributed by atoms with van der Waals surface area (Å²) in [7, 11) is 2.14. The number of carbonyl (C=O) groups is 1. The van der Waals surface area contributed by atoms with E-state index in [1.807, 2.05) is 12.1 Å². The largest absolute Gasteiger partial charge is 0.477 e. The van der Waals surface area contributed by atoms with Crippen molar-refractivity contribution >= 4 is 34.2 Å². The molecular weight excluding hydrogens is 408 g/mol. The Balaban J connectivity index is 1.43. The van der Waals surface area contributed by atoms with Crippen LogP contribution in [0.3, 0.4) is 0 Å². The van der Waals surface area contributed by atoms with E-state index in [0.29, 0.717) is 28.4 Å². The van der Waals surface area contributed by atoms with Crippen LogP contribution in [0.2, 0.25) is 0 Å². The molecule has 0 bridgehead atoms. The van der Waals surface area contributed by atoms with Gasteiger partial charge >= 0.3 is 5.97 Å². The summed E-state index contributed by atoms with van der Waals surface area (Å²) in [6.45, 7) is 4.13. The molecule has 0 atom stereocenters. The minimum Gasteiger partial charge on any atom is -0.477 e. The molecular formula is C22H22N8O2. The summed E-state index contributed by atoms with van der Waals surface area (Å²) in [5.41, 5.74) is 3.64. The van der Waals surface area contributed by atoms with Gasteiger partial charge < -0.3 is 20.2 Å². The summed E-state index contributed by atoms with van der Waals surface area (Å²) in [4.78, 5) is 29.2. The first-order valence-corrected chi connectivity index (χ1v) is 10.3. The Morgan fingerprint density at radius 1 is 1.03 bits per heavy atom. The molecule has 0 amide bonds. The number of aromatic amines is 1. The lowest BCUT2D eigenvalue weighted by molar-refractivity contribution is 0.0690. The molecule has 3 N–H and O–H groups in total. The normalized spacial score (nSPS) is 14.6. The van der Waals surface area contributed by atoms with Crippen molar-refractivity contribution < 1.29 is 9.90 Å². The zero-order chi connectivity index (χ0) is 22.1. The van der Waals surface area contributed by atoms with Crippen LogP contribution in [0.1, 0.15) is 10.5 Å². The fraction of sp³-hybridized carbons (Fsp3) is 0.227.